The number of aromatic amines is 1. The average Bonchev–Trinajstić information content (AvgIpc) is 3.06. The molecule has 1 aromatic heterocycles. The highest BCUT2D eigenvalue weighted by atomic mass is 32.2. The lowest BCUT2D eigenvalue weighted by Crippen LogP contribution is -1.97. The number of aromatic nitrogens is 3. The summed E-state index contributed by atoms with van der Waals surface area (Å²) >= 11 is 1.00. The van der Waals surface area contributed by atoms with Crippen LogP contribution in [0.15, 0.2) is 64.7 Å². The fourth-order valence-electron chi connectivity index (χ4n) is 2.15. The second-order valence-corrected chi connectivity index (χ2v) is 6.47. The van der Waals surface area contributed by atoms with Crippen molar-refractivity contribution in [3.8, 4) is 5.75 Å². The summed E-state index contributed by atoms with van der Waals surface area (Å²) in [5.41, 5.74) is 1.84. The monoisotopic (exact) mass is 367 g/mol. The fraction of sp³-hybridized carbons (Fsp3) is 0.105. The van der Waals surface area contributed by atoms with Crippen molar-refractivity contribution in [3.05, 3.63) is 76.5 Å². The third-order valence-electron chi connectivity index (χ3n) is 3.41. The SMILES string of the molecule is Cc1nc(SC(=Cc2ccc(OCc3ccccc3)cc2)C(=O)O)n[nH]1. The maximum absolute atomic E-state index is 11.5. The second kappa shape index (κ2) is 8.35. The van der Waals surface area contributed by atoms with Crippen LogP contribution in [0.4, 0.5) is 0 Å². The van der Waals surface area contributed by atoms with E-state index in [1.54, 1.807) is 13.0 Å². The van der Waals surface area contributed by atoms with Crippen molar-refractivity contribution in [2.45, 2.75) is 18.7 Å². The number of carbonyl (C=O) groups is 1. The highest BCUT2D eigenvalue weighted by molar-refractivity contribution is 8.04. The minimum absolute atomic E-state index is 0.141. The molecule has 2 aromatic carbocycles. The van der Waals surface area contributed by atoms with E-state index in [1.807, 2.05) is 54.6 Å². The summed E-state index contributed by atoms with van der Waals surface area (Å²) < 4.78 is 5.73. The number of aryl methyl sites for hydroxylation is 1. The van der Waals surface area contributed by atoms with E-state index in [9.17, 15) is 9.90 Å². The van der Waals surface area contributed by atoms with Crippen LogP contribution in [0.25, 0.3) is 6.08 Å². The van der Waals surface area contributed by atoms with Crippen molar-refractivity contribution in [2.24, 2.45) is 0 Å². The molecular formula is C19H17N3O3S. The number of benzene rings is 2. The molecule has 0 bridgehead atoms. The summed E-state index contributed by atoms with van der Waals surface area (Å²) in [5, 5.41) is 16.4. The number of aliphatic carboxylic acids is 1. The Balaban J connectivity index is 1.67. The number of hydrogen-bond acceptors (Lipinski definition) is 5. The number of nitrogens with zero attached hydrogens (tertiary/aromatic N) is 2. The van der Waals surface area contributed by atoms with Gasteiger partial charge in [0.05, 0.1) is 0 Å². The molecule has 6 nitrogen and oxygen atoms in total. The van der Waals surface area contributed by atoms with Crippen LogP contribution in [-0.2, 0) is 11.4 Å². The number of ether oxygens (including phenoxy) is 1. The summed E-state index contributed by atoms with van der Waals surface area (Å²) in [4.78, 5) is 15.7. The Morgan fingerprint density at radius 3 is 2.54 bits per heavy atom. The van der Waals surface area contributed by atoms with E-state index in [0.29, 0.717) is 17.6 Å². The highest BCUT2D eigenvalue weighted by Gasteiger charge is 2.13. The average molecular weight is 367 g/mol. The van der Waals surface area contributed by atoms with Crippen molar-refractivity contribution < 1.29 is 14.6 Å². The molecule has 7 heteroatoms. The van der Waals surface area contributed by atoms with Gasteiger partial charge in [-0.15, -0.1) is 5.10 Å². The zero-order chi connectivity index (χ0) is 18.4. The second-order valence-electron chi connectivity index (χ2n) is 5.46. The quantitative estimate of drug-likeness (QED) is 0.486. The smallest absolute Gasteiger partial charge is 0.342 e. The van der Waals surface area contributed by atoms with E-state index in [0.717, 1.165) is 28.6 Å². The fourth-order valence-corrected chi connectivity index (χ4v) is 2.91. The number of carboxylic acid groups (broad SMARTS) is 1. The zero-order valence-electron chi connectivity index (χ0n) is 14.0. The van der Waals surface area contributed by atoms with Gasteiger partial charge in [0, 0.05) is 0 Å². The van der Waals surface area contributed by atoms with Crippen molar-refractivity contribution in [3.63, 3.8) is 0 Å². The van der Waals surface area contributed by atoms with Crippen LogP contribution >= 0.6 is 11.8 Å². The Bertz CT molecular complexity index is 905. The summed E-state index contributed by atoms with van der Waals surface area (Å²) in [6.07, 6.45) is 1.58. The molecule has 0 amide bonds. The van der Waals surface area contributed by atoms with Crippen LogP contribution in [0.5, 0.6) is 5.75 Å². The molecule has 0 aliphatic carbocycles. The Morgan fingerprint density at radius 1 is 1.19 bits per heavy atom. The number of H-pyrrole nitrogens is 1. The van der Waals surface area contributed by atoms with Crippen LogP contribution in [0.3, 0.4) is 0 Å². The molecule has 3 rings (SSSR count). The maximum Gasteiger partial charge on any atom is 0.342 e. The van der Waals surface area contributed by atoms with Gasteiger partial charge in [0.2, 0.25) is 5.16 Å². The van der Waals surface area contributed by atoms with E-state index >= 15 is 0 Å². The first-order valence-electron chi connectivity index (χ1n) is 7.89. The normalized spacial score (nSPS) is 11.3. The molecule has 0 unspecified atom stereocenters. The number of carboxylic acids is 1. The summed E-state index contributed by atoms with van der Waals surface area (Å²) in [6, 6.07) is 17.1. The Hall–Kier alpha value is -3.06. The van der Waals surface area contributed by atoms with Gasteiger partial charge in [-0.25, -0.2) is 9.78 Å². The van der Waals surface area contributed by atoms with Crippen LogP contribution in [0.1, 0.15) is 17.0 Å². The predicted molar refractivity (Wildman–Crippen MR) is 99.8 cm³/mol. The van der Waals surface area contributed by atoms with Crippen LogP contribution in [0.2, 0.25) is 0 Å². The summed E-state index contributed by atoms with van der Waals surface area (Å²) in [7, 11) is 0. The van der Waals surface area contributed by atoms with Crippen LogP contribution < -0.4 is 4.74 Å². The first kappa shape index (κ1) is 17.8. The van der Waals surface area contributed by atoms with Crippen LogP contribution in [0, 0.1) is 6.92 Å². The van der Waals surface area contributed by atoms with E-state index < -0.39 is 5.97 Å². The maximum atomic E-state index is 11.5. The summed E-state index contributed by atoms with van der Waals surface area (Å²) in [6.45, 7) is 2.24. The molecule has 0 spiro atoms. The van der Waals surface area contributed by atoms with Gasteiger partial charge < -0.3 is 9.84 Å². The van der Waals surface area contributed by atoms with Crippen molar-refractivity contribution >= 4 is 23.8 Å². The lowest BCUT2D eigenvalue weighted by atomic mass is 10.2. The van der Waals surface area contributed by atoms with Gasteiger partial charge >= 0.3 is 5.97 Å². The number of rotatable bonds is 7. The van der Waals surface area contributed by atoms with E-state index in [2.05, 4.69) is 15.2 Å². The third kappa shape index (κ3) is 4.97. The van der Waals surface area contributed by atoms with Crippen molar-refractivity contribution in [1.29, 1.82) is 0 Å². The molecule has 0 saturated carbocycles. The molecule has 0 radical (unpaired) electrons. The lowest BCUT2D eigenvalue weighted by Gasteiger charge is -2.06. The van der Waals surface area contributed by atoms with Gasteiger partial charge in [-0.2, -0.15) is 0 Å². The number of thioether (sulfide) groups is 1. The Morgan fingerprint density at radius 2 is 1.92 bits per heavy atom. The first-order valence-corrected chi connectivity index (χ1v) is 8.70. The third-order valence-corrected chi connectivity index (χ3v) is 4.29. The van der Waals surface area contributed by atoms with Crippen molar-refractivity contribution in [1.82, 2.24) is 15.2 Å². The van der Waals surface area contributed by atoms with Crippen molar-refractivity contribution in [2.75, 3.05) is 0 Å². The molecular weight excluding hydrogens is 350 g/mol. The van der Waals surface area contributed by atoms with Gasteiger partial charge in [0.15, 0.2) is 0 Å². The van der Waals surface area contributed by atoms with Gasteiger partial charge in [-0.3, -0.25) is 5.10 Å². The molecule has 0 atom stereocenters. The van der Waals surface area contributed by atoms with E-state index in [4.69, 9.17) is 4.74 Å². The molecule has 26 heavy (non-hydrogen) atoms. The molecule has 132 valence electrons. The lowest BCUT2D eigenvalue weighted by molar-refractivity contribution is -0.131. The van der Waals surface area contributed by atoms with Gasteiger partial charge in [-0.05, 0) is 48.0 Å². The Kier molecular flexibility index (Phi) is 5.70. The van der Waals surface area contributed by atoms with E-state index in [-0.39, 0.29) is 4.91 Å². The summed E-state index contributed by atoms with van der Waals surface area (Å²) in [5.74, 6) is 0.333. The Labute approximate surface area is 154 Å². The molecule has 0 fully saturated rings. The molecule has 3 aromatic rings. The van der Waals surface area contributed by atoms with Gasteiger partial charge in [-0.1, -0.05) is 42.5 Å². The molecule has 2 N–H and O–H groups in total. The standard InChI is InChI=1S/C19H17N3O3S/c1-13-20-19(22-21-13)26-17(18(23)24)11-14-7-9-16(10-8-14)25-12-15-5-3-2-4-6-15/h2-11H,12H2,1H3,(H,23,24)(H,20,21,22). The highest BCUT2D eigenvalue weighted by Crippen LogP contribution is 2.26. The molecule has 1 heterocycles. The largest absolute Gasteiger partial charge is 0.489 e. The minimum Gasteiger partial charge on any atom is -0.489 e. The number of nitrogens with one attached hydrogen (secondary N) is 1. The predicted octanol–water partition coefficient (Wildman–Crippen LogP) is 3.91. The zero-order valence-corrected chi connectivity index (χ0v) is 14.9. The topological polar surface area (TPSA) is 88.1 Å². The van der Waals surface area contributed by atoms with Crippen LogP contribution in [-0.4, -0.2) is 26.3 Å². The molecule has 0 saturated heterocycles. The van der Waals surface area contributed by atoms with Gasteiger partial charge in [0.25, 0.3) is 0 Å². The molecule has 0 aliphatic heterocycles. The first-order chi connectivity index (χ1) is 12.6. The number of hydrogen-bond donors (Lipinski definition) is 2. The van der Waals surface area contributed by atoms with E-state index in [1.165, 1.54) is 0 Å². The molecule has 0 aliphatic rings. The minimum atomic E-state index is -1.03. The van der Waals surface area contributed by atoms with Gasteiger partial charge in [0.1, 0.15) is 23.1 Å².